The highest BCUT2D eigenvalue weighted by atomic mass is 16.5. The van der Waals surface area contributed by atoms with Gasteiger partial charge in [0.2, 0.25) is 0 Å². The van der Waals surface area contributed by atoms with Crippen molar-refractivity contribution in [1.82, 2.24) is 24.7 Å². The van der Waals surface area contributed by atoms with Crippen LogP contribution >= 0.6 is 0 Å². The van der Waals surface area contributed by atoms with Crippen molar-refractivity contribution in [1.29, 1.82) is 0 Å². The fraction of sp³-hybridized carbons (Fsp3) is 0.200. The van der Waals surface area contributed by atoms with Crippen molar-refractivity contribution in [3.05, 3.63) is 90.7 Å². The van der Waals surface area contributed by atoms with E-state index in [4.69, 9.17) is 14.5 Å². The number of aromatic nitrogens is 5. The van der Waals surface area contributed by atoms with E-state index in [-0.39, 0.29) is 0 Å². The Morgan fingerprint density at radius 1 is 0.921 bits per heavy atom. The van der Waals surface area contributed by atoms with Gasteiger partial charge in [-0.15, -0.1) is 0 Å². The second-order valence-electron chi connectivity index (χ2n) is 8.82. The third-order valence-corrected chi connectivity index (χ3v) is 6.36. The Labute approximate surface area is 222 Å². The molecule has 0 unspecified atom stereocenters. The summed E-state index contributed by atoms with van der Waals surface area (Å²) in [5.74, 6) is 1.43. The standard InChI is InChI=1S/C30H30N6O2/c1-5-21-8-6-12-31-27(21)9-7-13-36(24-14-25(37-3)17-26(15-24)38-4)23-10-11-28-29(16-23)34-30(19-32-28)22-18-33-35(2)20-22/h6-12,14-20H,5,13H2,1-4H3/b9-7+. The summed E-state index contributed by atoms with van der Waals surface area (Å²) in [5.41, 5.74) is 7.40. The van der Waals surface area contributed by atoms with E-state index in [0.29, 0.717) is 18.0 Å². The normalized spacial score (nSPS) is 11.3. The summed E-state index contributed by atoms with van der Waals surface area (Å²) in [6.07, 6.45) is 12.5. The lowest BCUT2D eigenvalue weighted by Gasteiger charge is -2.25. The topological polar surface area (TPSA) is 78.2 Å². The van der Waals surface area contributed by atoms with Crippen LogP contribution in [0.25, 0.3) is 28.4 Å². The Morgan fingerprint density at radius 2 is 1.74 bits per heavy atom. The monoisotopic (exact) mass is 506 g/mol. The summed E-state index contributed by atoms with van der Waals surface area (Å²) in [7, 11) is 5.20. The molecule has 0 saturated heterocycles. The molecule has 0 N–H and O–H groups in total. The van der Waals surface area contributed by atoms with Crippen LogP contribution in [0.2, 0.25) is 0 Å². The Kier molecular flexibility index (Phi) is 7.31. The lowest BCUT2D eigenvalue weighted by molar-refractivity contribution is 0.394. The summed E-state index contributed by atoms with van der Waals surface area (Å²) in [4.78, 5) is 16.3. The van der Waals surface area contributed by atoms with Crippen LogP contribution < -0.4 is 14.4 Å². The van der Waals surface area contributed by atoms with Crippen molar-refractivity contribution >= 4 is 28.5 Å². The van der Waals surface area contributed by atoms with E-state index < -0.39 is 0 Å². The summed E-state index contributed by atoms with van der Waals surface area (Å²) in [6.45, 7) is 2.73. The van der Waals surface area contributed by atoms with Gasteiger partial charge in [-0.05, 0) is 42.3 Å². The molecule has 0 atom stereocenters. The molecule has 0 spiro atoms. The van der Waals surface area contributed by atoms with Crippen LogP contribution in [0.5, 0.6) is 11.5 Å². The zero-order valence-electron chi connectivity index (χ0n) is 22.0. The van der Waals surface area contributed by atoms with E-state index in [2.05, 4.69) is 57.2 Å². The van der Waals surface area contributed by atoms with Crippen LogP contribution in [-0.2, 0) is 13.5 Å². The van der Waals surface area contributed by atoms with Gasteiger partial charge in [-0.25, -0.2) is 4.98 Å². The lowest BCUT2D eigenvalue weighted by Crippen LogP contribution is -2.17. The summed E-state index contributed by atoms with van der Waals surface area (Å²) in [5, 5.41) is 4.27. The average Bonchev–Trinajstić information content (AvgIpc) is 3.40. The largest absolute Gasteiger partial charge is 0.497 e. The minimum absolute atomic E-state index is 0.595. The molecule has 0 saturated carbocycles. The average molecular weight is 507 g/mol. The van der Waals surface area contributed by atoms with E-state index in [9.17, 15) is 0 Å². The molecule has 0 aliphatic heterocycles. The smallest absolute Gasteiger partial charge is 0.124 e. The lowest BCUT2D eigenvalue weighted by atomic mass is 10.1. The number of fused-ring (bicyclic) bond motifs is 1. The quantitative estimate of drug-likeness (QED) is 0.248. The van der Waals surface area contributed by atoms with E-state index >= 15 is 0 Å². The zero-order chi connectivity index (χ0) is 26.5. The molecule has 0 fully saturated rings. The molecule has 0 amide bonds. The molecule has 2 aromatic carbocycles. The second-order valence-corrected chi connectivity index (χ2v) is 8.82. The first-order valence-corrected chi connectivity index (χ1v) is 12.4. The van der Waals surface area contributed by atoms with Crippen LogP contribution in [0.4, 0.5) is 11.4 Å². The molecule has 0 radical (unpaired) electrons. The molecule has 192 valence electrons. The van der Waals surface area contributed by atoms with Crippen LogP contribution in [0.15, 0.2) is 79.4 Å². The molecule has 8 nitrogen and oxygen atoms in total. The predicted molar refractivity (Wildman–Crippen MR) is 151 cm³/mol. The van der Waals surface area contributed by atoms with Crippen LogP contribution in [0, 0.1) is 0 Å². The van der Waals surface area contributed by atoms with Crippen molar-refractivity contribution in [2.24, 2.45) is 7.05 Å². The van der Waals surface area contributed by atoms with Crippen LogP contribution in [0.1, 0.15) is 18.2 Å². The SMILES string of the molecule is CCc1cccnc1/C=C/CN(c1cc(OC)cc(OC)c1)c1ccc2ncc(-c3cnn(C)c3)nc2c1. The maximum Gasteiger partial charge on any atom is 0.124 e. The number of rotatable bonds is 9. The molecule has 38 heavy (non-hydrogen) atoms. The van der Waals surface area contributed by atoms with Gasteiger partial charge < -0.3 is 14.4 Å². The van der Waals surface area contributed by atoms with Gasteiger partial charge in [0.1, 0.15) is 11.5 Å². The van der Waals surface area contributed by atoms with Gasteiger partial charge in [0, 0.05) is 61.1 Å². The number of pyridine rings is 1. The molecule has 0 bridgehead atoms. The fourth-order valence-electron chi connectivity index (χ4n) is 4.34. The maximum atomic E-state index is 5.56. The van der Waals surface area contributed by atoms with Gasteiger partial charge in [0.15, 0.2) is 0 Å². The van der Waals surface area contributed by atoms with Crippen molar-refractivity contribution in [2.75, 3.05) is 25.7 Å². The van der Waals surface area contributed by atoms with Crippen LogP contribution in [-0.4, -0.2) is 45.5 Å². The fourth-order valence-corrected chi connectivity index (χ4v) is 4.34. The molecule has 8 heteroatoms. The number of ether oxygens (including phenoxy) is 2. The Balaban J connectivity index is 1.56. The molecule has 0 aliphatic carbocycles. The Hall–Kier alpha value is -4.72. The third-order valence-electron chi connectivity index (χ3n) is 6.36. The van der Waals surface area contributed by atoms with Gasteiger partial charge in [0.25, 0.3) is 0 Å². The Morgan fingerprint density at radius 3 is 2.45 bits per heavy atom. The van der Waals surface area contributed by atoms with Gasteiger partial charge >= 0.3 is 0 Å². The number of hydrogen-bond donors (Lipinski definition) is 0. The summed E-state index contributed by atoms with van der Waals surface area (Å²) in [6, 6.07) is 16.0. The number of benzene rings is 2. The van der Waals surface area contributed by atoms with E-state index in [1.54, 1.807) is 31.3 Å². The second kappa shape index (κ2) is 11.1. The van der Waals surface area contributed by atoms with E-state index in [0.717, 1.165) is 45.8 Å². The molecule has 0 aliphatic rings. The van der Waals surface area contributed by atoms with Crippen molar-refractivity contribution < 1.29 is 9.47 Å². The highest BCUT2D eigenvalue weighted by Gasteiger charge is 2.14. The highest BCUT2D eigenvalue weighted by Crippen LogP contribution is 2.34. The van der Waals surface area contributed by atoms with Gasteiger partial charge in [-0.2, -0.15) is 5.10 Å². The number of anilines is 2. The van der Waals surface area contributed by atoms with Gasteiger partial charge in [0.05, 0.1) is 49.0 Å². The van der Waals surface area contributed by atoms with E-state index in [1.807, 2.05) is 49.8 Å². The summed E-state index contributed by atoms with van der Waals surface area (Å²) < 4.78 is 12.9. The molecule has 3 aromatic heterocycles. The molecule has 5 rings (SSSR count). The molecule has 3 heterocycles. The maximum absolute atomic E-state index is 5.56. The molecule has 5 aromatic rings. The molecular weight excluding hydrogens is 476 g/mol. The van der Waals surface area contributed by atoms with E-state index in [1.165, 1.54) is 5.56 Å². The van der Waals surface area contributed by atoms with Gasteiger partial charge in [-0.1, -0.05) is 19.1 Å². The minimum Gasteiger partial charge on any atom is -0.497 e. The van der Waals surface area contributed by atoms with Crippen molar-refractivity contribution in [3.8, 4) is 22.8 Å². The van der Waals surface area contributed by atoms with Crippen molar-refractivity contribution in [3.63, 3.8) is 0 Å². The Bertz CT molecular complexity index is 1570. The van der Waals surface area contributed by atoms with Crippen molar-refractivity contribution in [2.45, 2.75) is 13.3 Å². The minimum atomic E-state index is 0.595. The predicted octanol–water partition coefficient (Wildman–Crippen LogP) is 5.86. The van der Waals surface area contributed by atoms with Crippen LogP contribution in [0.3, 0.4) is 0 Å². The first-order chi connectivity index (χ1) is 18.6. The highest BCUT2D eigenvalue weighted by molar-refractivity contribution is 5.83. The van der Waals surface area contributed by atoms with Gasteiger partial charge in [-0.3, -0.25) is 14.6 Å². The first kappa shape index (κ1) is 25.0. The molecular formula is C30H30N6O2. The zero-order valence-corrected chi connectivity index (χ0v) is 22.0. The number of hydrogen-bond acceptors (Lipinski definition) is 7. The number of aryl methyl sites for hydroxylation is 2. The summed E-state index contributed by atoms with van der Waals surface area (Å²) >= 11 is 0. The number of nitrogens with zero attached hydrogens (tertiary/aromatic N) is 6. The first-order valence-electron chi connectivity index (χ1n) is 12.4. The third kappa shape index (κ3) is 5.34. The number of methoxy groups -OCH3 is 2.